The lowest BCUT2D eigenvalue weighted by Crippen LogP contribution is -2.39. The zero-order valence-electron chi connectivity index (χ0n) is 16.9. The third-order valence-corrected chi connectivity index (χ3v) is 6.26. The molecule has 0 aliphatic rings. The summed E-state index contributed by atoms with van der Waals surface area (Å²) in [5.41, 5.74) is 4.81. The van der Waals surface area contributed by atoms with Gasteiger partial charge in [-0.25, -0.2) is 18.2 Å². The second-order valence-corrected chi connectivity index (χ2v) is 8.85. The number of hydrazone groups is 1. The summed E-state index contributed by atoms with van der Waals surface area (Å²) in [6.07, 6.45) is 1.48. The van der Waals surface area contributed by atoms with Gasteiger partial charge in [0.05, 0.1) is 17.7 Å². The Bertz CT molecular complexity index is 1150. The number of hydrogen-bond acceptors (Lipinski definition) is 4. The van der Waals surface area contributed by atoms with Crippen molar-refractivity contribution >= 4 is 22.1 Å². The summed E-state index contributed by atoms with van der Waals surface area (Å²) in [5, 5.41) is 3.90. The first-order valence-corrected chi connectivity index (χ1v) is 11.0. The van der Waals surface area contributed by atoms with Crippen LogP contribution >= 0.6 is 0 Å². The van der Waals surface area contributed by atoms with Gasteiger partial charge in [0.15, 0.2) is 0 Å². The highest BCUT2D eigenvalue weighted by atomic mass is 32.2. The molecule has 0 bridgehead atoms. The van der Waals surface area contributed by atoms with Gasteiger partial charge >= 0.3 is 0 Å². The molecule has 0 atom stereocenters. The third-order valence-electron chi connectivity index (χ3n) is 4.45. The van der Waals surface area contributed by atoms with Crippen molar-refractivity contribution in [3.63, 3.8) is 0 Å². The minimum absolute atomic E-state index is 0.0630. The van der Waals surface area contributed by atoms with Gasteiger partial charge in [-0.2, -0.15) is 9.41 Å². The van der Waals surface area contributed by atoms with E-state index in [1.165, 1.54) is 42.6 Å². The molecule has 0 aliphatic heterocycles. The van der Waals surface area contributed by atoms with E-state index in [1.54, 1.807) is 18.2 Å². The lowest BCUT2D eigenvalue weighted by molar-refractivity contribution is -0.121. The Balaban J connectivity index is 1.76. The quantitative estimate of drug-likeness (QED) is 0.431. The molecule has 1 amide bonds. The number of amides is 1. The average Bonchev–Trinajstić information content (AvgIpc) is 2.77. The van der Waals surface area contributed by atoms with Gasteiger partial charge in [-0.1, -0.05) is 60.2 Å². The predicted molar refractivity (Wildman–Crippen MR) is 117 cm³/mol. The van der Waals surface area contributed by atoms with Crippen molar-refractivity contribution in [3.05, 3.63) is 101 Å². The number of sulfonamides is 1. The van der Waals surface area contributed by atoms with Crippen molar-refractivity contribution in [1.29, 1.82) is 0 Å². The summed E-state index contributed by atoms with van der Waals surface area (Å²) in [6, 6.07) is 20.8. The van der Waals surface area contributed by atoms with Gasteiger partial charge in [-0.3, -0.25) is 4.79 Å². The van der Waals surface area contributed by atoms with Gasteiger partial charge < -0.3 is 0 Å². The Morgan fingerprint density at radius 1 is 1.00 bits per heavy atom. The SMILES string of the molecule is Cc1ccc(/C=N\NC(=O)CN(Cc2ccc(F)cc2)S(=O)(=O)c2ccccc2)cc1. The molecule has 0 spiro atoms. The highest BCUT2D eigenvalue weighted by Gasteiger charge is 2.26. The van der Waals surface area contributed by atoms with E-state index >= 15 is 0 Å². The molecule has 0 saturated heterocycles. The monoisotopic (exact) mass is 439 g/mol. The van der Waals surface area contributed by atoms with Crippen molar-refractivity contribution in [2.24, 2.45) is 5.10 Å². The van der Waals surface area contributed by atoms with Crippen LogP contribution in [0.3, 0.4) is 0 Å². The van der Waals surface area contributed by atoms with Crippen LogP contribution in [0.15, 0.2) is 88.9 Å². The standard InChI is InChI=1S/C23H22FN3O3S/c1-18-7-9-19(10-8-18)15-25-26-23(28)17-27(16-20-11-13-21(24)14-12-20)31(29,30)22-5-3-2-4-6-22/h2-15H,16-17H2,1H3,(H,26,28)/b25-15-. The molecule has 1 N–H and O–H groups in total. The largest absolute Gasteiger partial charge is 0.272 e. The summed E-state index contributed by atoms with van der Waals surface area (Å²) in [7, 11) is -3.96. The molecule has 0 heterocycles. The number of halogens is 1. The second-order valence-electron chi connectivity index (χ2n) is 6.92. The van der Waals surface area contributed by atoms with Crippen LogP contribution in [0.1, 0.15) is 16.7 Å². The molecule has 31 heavy (non-hydrogen) atoms. The zero-order valence-corrected chi connectivity index (χ0v) is 17.7. The zero-order chi connectivity index (χ0) is 22.3. The Kier molecular flexibility index (Phi) is 7.28. The van der Waals surface area contributed by atoms with Gasteiger partial charge in [0.1, 0.15) is 5.82 Å². The number of aryl methyl sites for hydroxylation is 1. The average molecular weight is 440 g/mol. The molecule has 0 aromatic heterocycles. The number of carbonyl (C=O) groups excluding carboxylic acids is 1. The number of nitrogens with zero attached hydrogens (tertiary/aromatic N) is 2. The van der Waals surface area contributed by atoms with Crippen LogP contribution in [-0.2, 0) is 21.4 Å². The summed E-state index contributed by atoms with van der Waals surface area (Å²) in [4.78, 5) is 12.5. The lowest BCUT2D eigenvalue weighted by Gasteiger charge is -2.21. The summed E-state index contributed by atoms with van der Waals surface area (Å²) in [5.74, 6) is -1.02. The predicted octanol–water partition coefficient (Wildman–Crippen LogP) is 3.48. The molecule has 3 aromatic rings. The van der Waals surface area contributed by atoms with Gasteiger partial charge in [0, 0.05) is 6.54 Å². The van der Waals surface area contributed by atoms with Gasteiger partial charge in [0.25, 0.3) is 5.91 Å². The normalized spacial score (nSPS) is 11.7. The summed E-state index contributed by atoms with van der Waals surface area (Å²) in [6.45, 7) is 1.43. The number of rotatable bonds is 8. The van der Waals surface area contributed by atoms with Crippen LogP contribution in [0, 0.1) is 12.7 Å². The molecular formula is C23H22FN3O3S. The van der Waals surface area contributed by atoms with E-state index in [0.717, 1.165) is 15.4 Å². The fourth-order valence-corrected chi connectivity index (χ4v) is 4.19. The second kappa shape index (κ2) is 10.1. The number of hydrogen-bond donors (Lipinski definition) is 1. The van der Waals surface area contributed by atoms with Crippen molar-refractivity contribution in [1.82, 2.24) is 9.73 Å². The topological polar surface area (TPSA) is 78.8 Å². The molecule has 3 aromatic carbocycles. The Morgan fingerprint density at radius 2 is 1.65 bits per heavy atom. The molecule has 0 radical (unpaired) electrons. The third kappa shape index (κ3) is 6.31. The molecule has 0 aliphatic carbocycles. The van der Waals surface area contributed by atoms with Crippen LogP contribution in [0.5, 0.6) is 0 Å². The molecule has 6 nitrogen and oxygen atoms in total. The Labute approximate surface area is 181 Å². The molecule has 0 fully saturated rings. The van der Waals surface area contributed by atoms with E-state index in [2.05, 4.69) is 10.5 Å². The number of nitrogens with one attached hydrogen (secondary N) is 1. The molecule has 8 heteroatoms. The van der Waals surface area contributed by atoms with E-state index in [9.17, 15) is 17.6 Å². The fraction of sp³-hybridized carbons (Fsp3) is 0.130. The van der Waals surface area contributed by atoms with Crippen LogP contribution in [-0.4, -0.2) is 31.4 Å². The lowest BCUT2D eigenvalue weighted by atomic mass is 10.2. The van der Waals surface area contributed by atoms with Crippen molar-refractivity contribution in [2.45, 2.75) is 18.4 Å². The number of benzene rings is 3. The molecule has 0 saturated carbocycles. The van der Waals surface area contributed by atoms with Crippen LogP contribution in [0.4, 0.5) is 4.39 Å². The smallest absolute Gasteiger partial charge is 0.255 e. The van der Waals surface area contributed by atoms with Crippen molar-refractivity contribution < 1.29 is 17.6 Å². The summed E-state index contributed by atoms with van der Waals surface area (Å²) >= 11 is 0. The van der Waals surface area contributed by atoms with E-state index < -0.39 is 28.3 Å². The van der Waals surface area contributed by atoms with E-state index in [0.29, 0.717) is 5.56 Å². The highest BCUT2D eigenvalue weighted by Crippen LogP contribution is 2.18. The number of carbonyl (C=O) groups is 1. The molecule has 160 valence electrons. The Morgan fingerprint density at radius 3 is 2.29 bits per heavy atom. The van der Waals surface area contributed by atoms with Crippen LogP contribution in [0.25, 0.3) is 0 Å². The van der Waals surface area contributed by atoms with E-state index in [1.807, 2.05) is 31.2 Å². The van der Waals surface area contributed by atoms with Gasteiger partial charge in [-0.15, -0.1) is 0 Å². The Hall–Kier alpha value is -3.36. The minimum Gasteiger partial charge on any atom is -0.272 e. The first kappa shape index (κ1) is 22.3. The highest BCUT2D eigenvalue weighted by molar-refractivity contribution is 7.89. The van der Waals surface area contributed by atoms with Crippen LogP contribution < -0.4 is 5.43 Å². The van der Waals surface area contributed by atoms with Gasteiger partial charge in [0.2, 0.25) is 10.0 Å². The first-order valence-electron chi connectivity index (χ1n) is 9.53. The minimum atomic E-state index is -3.96. The molecule has 3 rings (SSSR count). The summed E-state index contributed by atoms with van der Waals surface area (Å²) < 4.78 is 40.5. The van der Waals surface area contributed by atoms with Crippen molar-refractivity contribution in [2.75, 3.05) is 6.54 Å². The van der Waals surface area contributed by atoms with Gasteiger partial charge in [-0.05, 0) is 42.3 Å². The molecular weight excluding hydrogens is 417 g/mol. The maximum Gasteiger partial charge on any atom is 0.255 e. The van der Waals surface area contributed by atoms with E-state index in [-0.39, 0.29) is 11.4 Å². The molecule has 0 unspecified atom stereocenters. The fourth-order valence-electron chi connectivity index (χ4n) is 2.79. The van der Waals surface area contributed by atoms with Crippen LogP contribution in [0.2, 0.25) is 0 Å². The maximum absolute atomic E-state index is 13.2. The van der Waals surface area contributed by atoms with Crippen molar-refractivity contribution in [3.8, 4) is 0 Å². The van der Waals surface area contributed by atoms with E-state index in [4.69, 9.17) is 0 Å². The maximum atomic E-state index is 13.2. The first-order chi connectivity index (χ1) is 14.8.